The van der Waals surface area contributed by atoms with Crippen LogP contribution in [0.2, 0.25) is 0 Å². The first kappa shape index (κ1) is 11.1. The molecule has 88 valence electrons. The number of benzene rings is 1. The quantitative estimate of drug-likeness (QED) is 0.349. The summed E-state index contributed by atoms with van der Waals surface area (Å²) in [5.74, 6) is -11.5. The average Bonchev–Trinajstić information content (AvgIpc) is 3.07. The maximum atomic E-state index is 13.0. The van der Waals surface area contributed by atoms with Gasteiger partial charge in [-0.05, 0) is 0 Å². The Morgan fingerprint density at radius 3 is 1.81 bits per heavy atom. The van der Waals surface area contributed by atoms with E-state index >= 15 is 0 Å². The Morgan fingerprint density at radius 1 is 0.938 bits per heavy atom. The highest BCUT2D eigenvalue weighted by atomic mass is 19.2. The monoisotopic (exact) mass is 240 g/mol. The predicted molar refractivity (Wildman–Crippen MR) is 41.5 cm³/mol. The smallest absolute Gasteiger partial charge is 0.206 e. The molecule has 1 aliphatic rings. The van der Waals surface area contributed by atoms with E-state index in [1.165, 1.54) is 0 Å². The maximum Gasteiger partial charge on any atom is 0.206 e. The Balaban J connectivity index is 2.34. The summed E-state index contributed by atoms with van der Waals surface area (Å²) in [5, 5.41) is 0. The molecule has 0 saturated carbocycles. The van der Waals surface area contributed by atoms with Crippen molar-refractivity contribution in [2.24, 2.45) is 0 Å². The average molecular weight is 240 g/mol. The first-order chi connectivity index (χ1) is 7.52. The second-order valence-electron chi connectivity index (χ2n) is 3.17. The van der Waals surface area contributed by atoms with E-state index in [2.05, 4.69) is 9.47 Å². The molecule has 1 aromatic carbocycles. The van der Waals surface area contributed by atoms with E-state index in [-0.39, 0.29) is 12.7 Å². The minimum absolute atomic E-state index is 0.252. The van der Waals surface area contributed by atoms with Gasteiger partial charge >= 0.3 is 0 Å². The summed E-state index contributed by atoms with van der Waals surface area (Å²) in [6.07, 6.45) is -0.352. The van der Waals surface area contributed by atoms with Gasteiger partial charge in [-0.2, -0.15) is 8.78 Å². The summed E-state index contributed by atoms with van der Waals surface area (Å²) in [6.45, 7) is 0.0910. The minimum atomic E-state index is -2.20. The lowest BCUT2D eigenvalue weighted by Gasteiger charge is -2.08. The SMILES string of the molecule is Fc1c(F)c(F)c(OCC2CO2)c(F)c1F. The normalized spacial score (nSPS) is 18.7. The van der Waals surface area contributed by atoms with Crippen molar-refractivity contribution in [1.29, 1.82) is 0 Å². The van der Waals surface area contributed by atoms with Crippen molar-refractivity contribution in [2.45, 2.75) is 6.10 Å². The van der Waals surface area contributed by atoms with Crippen LogP contribution in [0, 0.1) is 29.1 Å². The van der Waals surface area contributed by atoms with Crippen molar-refractivity contribution in [1.82, 2.24) is 0 Å². The zero-order chi connectivity index (χ0) is 11.9. The molecule has 2 nitrogen and oxygen atoms in total. The van der Waals surface area contributed by atoms with E-state index in [4.69, 9.17) is 0 Å². The van der Waals surface area contributed by atoms with Crippen LogP contribution in [-0.4, -0.2) is 19.3 Å². The molecule has 7 heteroatoms. The molecule has 1 atom stereocenters. The Hall–Kier alpha value is -1.37. The number of halogens is 5. The van der Waals surface area contributed by atoms with Crippen LogP contribution in [0.5, 0.6) is 5.75 Å². The van der Waals surface area contributed by atoms with Gasteiger partial charge in [0, 0.05) is 0 Å². The Kier molecular flexibility index (Phi) is 2.71. The zero-order valence-corrected chi connectivity index (χ0v) is 7.70. The summed E-state index contributed by atoms with van der Waals surface area (Å²) >= 11 is 0. The highest BCUT2D eigenvalue weighted by Crippen LogP contribution is 2.29. The number of epoxide rings is 1. The number of ether oxygens (including phenoxy) is 2. The van der Waals surface area contributed by atoms with Gasteiger partial charge in [0.15, 0.2) is 5.75 Å². The highest BCUT2D eigenvalue weighted by molar-refractivity contribution is 5.29. The third kappa shape index (κ3) is 1.82. The van der Waals surface area contributed by atoms with E-state index < -0.39 is 34.8 Å². The first-order valence-corrected chi connectivity index (χ1v) is 4.28. The Morgan fingerprint density at radius 2 is 1.38 bits per heavy atom. The molecule has 1 saturated heterocycles. The van der Waals surface area contributed by atoms with Gasteiger partial charge in [-0.15, -0.1) is 0 Å². The molecule has 1 aromatic rings. The molecule has 2 rings (SSSR count). The minimum Gasteiger partial charge on any atom is -0.485 e. The van der Waals surface area contributed by atoms with Crippen molar-refractivity contribution in [3.8, 4) is 5.75 Å². The summed E-state index contributed by atoms with van der Waals surface area (Å²) in [5.41, 5.74) is 0. The molecule has 1 heterocycles. The van der Waals surface area contributed by atoms with E-state index in [0.29, 0.717) is 6.61 Å². The predicted octanol–water partition coefficient (Wildman–Crippen LogP) is 2.16. The van der Waals surface area contributed by atoms with Crippen molar-refractivity contribution < 1.29 is 31.4 Å². The van der Waals surface area contributed by atoms with Gasteiger partial charge in [-0.1, -0.05) is 0 Å². The van der Waals surface area contributed by atoms with Gasteiger partial charge in [0.25, 0.3) is 0 Å². The summed E-state index contributed by atoms with van der Waals surface area (Å²) < 4.78 is 73.1. The molecule has 1 aliphatic heterocycles. The van der Waals surface area contributed by atoms with E-state index in [0.717, 1.165) is 0 Å². The Labute approximate surface area is 86.6 Å². The fourth-order valence-corrected chi connectivity index (χ4v) is 1.05. The largest absolute Gasteiger partial charge is 0.485 e. The van der Waals surface area contributed by atoms with Crippen molar-refractivity contribution in [3.63, 3.8) is 0 Å². The lowest BCUT2D eigenvalue weighted by atomic mass is 10.2. The number of rotatable bonds is 3. The van der Waals surface area contributed by atoms with Gasteiger partial charge < -0.3 is 9.47 Å². The molecule has 16 heavy (non-hydrogen) atoms. The van der Waals surface area contributed by atoms with Gasteiger partial charge in [0.1, 0.15) is 12.7 Å². The third-order valence-electron chi connectivity index (χ3n) is 1.99. The van der Waals surface area contributed by atoms with Crippen LogP contribution < -0.4 is 4.74 Å². The molecule has 0 spiro atoms. The van der Waals surface area contributed by atoms with Crippen LogP contribution in [0.3, 0.4) is 0 Å². The van der Waals surface area contributed by atoms with E-state index in [1.54, 1.807) is 0 Å². The third-order valence-corrected chi connectivity index (χ3v) is 1.99. The van der Waals surface area contributed by atoms with Crippen LogP contribution in [0.25, 0.3) is 0 Å². The van der Waals surface area contributed by atoms with Crippen molar-refractivity contribution in [3.05, 3.63) is 29.1 Å². The standard InChI is InChI=1S/C9H5F5O2/c10-4-5(11)7(13)9(8(14)6(4)12)16-2-3-1-15-3/h3H,1-2H2. The molecule has 0 N–H and O–H groups in total. The van der Waals surface area contributed by atoms with Crippen LogP contribution in [0.15, 0.2) is 0 Å². The van der Waals surface area contributed by atoms with Gasteiger partial charge in [0.05, 0.1) is 6.61 Å². The van der Waals surface area contributed by atoms with Crippen molar-refractivity contribution >= 4 is 0 Å². The fraction of sp³-hybridized carbons (Fsp3) is 0.333. The molecule has 0 bridgehead atoms. The second kappa shape index (κ2) is 3.89. The van der Waals surface area contributed by atoms with E-state index in [9.17, 15) is 22.0 Å². The lowest BCUT2D eigenvalue weighted by molar-refractivity contribution is 0.231. The highest BCUT2D eigenvalue weighted by Gasteiger charge is 2.29. The van der Waals surface area contributed by atoms with Crippen molar-refractivity contribution in [2.75, 3.05) is 13.2 Å². The number of hydrogen-bond donors (Lipinski definition) is 0. The Bertz CT molecular complexity index is 401. The van der Waals surface area contributed by atoms with Crippen LogP contribution >= 0.6 is 0 Å². The summed E-state index contributed by atoms with van der Waals surface area (Å²) in [6, 6.07) is 0. The summed E-state index contributed by atoms with van der Waals surface area (Å²) in [4.78, 5) is 0. The molecule has 1 unspecified atom stereocenters. The topological polar surface area (TPSA) is 21.8 Å². The van der Waals surface area contributed by atoms with Gasteiger partial charge in [0.2, 0.25) is 29.1 Å². The molecule has 0 aliphatic carbocycles. The van der Waals surface area contributed by atoms with Crippen LogP contribution in [0.4, 0.5) is 22.0 Å². The molecule has 0 radical (unpaired) electrons. The lowest BCUT2D eigenvalue weighted by Crippen LogP contribution is -2.10. The molecule has 1 fully saturated rings. The zero-order valence-electron chi connectivity index (χ0n) is 7.70. The van der Waals surface area contributed by atoms with E-state index in [1.807, 2.05) is 0 Å². The molecular weight excluding hydrogens is 235 g/mol. The fourth-order valence-electron chi connectivity index (χ4n) is 1.05. The maximum absolute atomic E-state index is 13.0. The molecular formula is C9H5F5O2. The first-order valence-electron chi connectivity index (χ1n) is 4.28. The summed E-state index contributed by atoms with van der Waals surface area (Å²) in [7, 11) is 0. The van der Waals surface area contributed by atoms with Crippen LogP contribution in [0.1, 0.15) is 0 Å². The molecule has 0 amide bonds. The number of hydrogen-bond acceptors (Lipinski definition) is 2. The van der Waals surface area contributed by atoms with Gasteiger partial charge in [-0.25, -0.2) is 13.2 Å². The molecule has 0 aromatic heterocycles. The van der Waals surface area contributed by atoms with Gasteiger partial charge in [-0.3, -0.25) is 0 Å². The second-order valence-corrected chi connectivity index (χ2v) is 3.17. The van der Waals surface area contributed by atoms with Crippen LogP contribution in [-0.2, 0) is 4.74 Å².